The third kappa shape index (κ3) is 2.57. The van der Waals surface area contributed by atoms with Crippen LogP contribution in [0.5, 0.6) is 0 Å². The Bertz CT molecular complexity index is 916. The third-order valence-corrected chi connectivity index (χ3v) is 5.09. The van der Waals surface area contributed by atoms with Gasteiger partial charge in [-0.3, -0.25) is 0 Å². The number of aromatic nitrogens is 1. The summed E-state index contributed by atoms with van der Waals surface area (Å²) in [7, 11) is 2.22. The summed E-state index contributed by atoms with van der Waals surface area (Å²) in [5.74, 6) is 0. The van der Waals surface area contributed by atoms with Gasteiger partial charge in [-0.25, -0.2) is 0 Å². The van der Waals surface area contributed by atoms with Gasteiger partial charge in [0.05, 0.1) is 5.52 Å². The van der Waals surface area contributed by atoms with E-state index in [0.717, 1.165) is 19.5 Å². The molecule has 0 amide bonds. The first-order chi connectivity index (χ1) is 11.6. The predicted octanol–water partition coefficient (Wildman–Crippen LogP) is 4.96. The Morgan fingerprint density at radius 3 is 2.67 bits per heavy atom. The van der Waals surface area contributed by atoms with Crippen LogP contribution in [0.4, 0.5) is 0 Å². The fourth-order valence-electron chi connectivity index (χ4n) is 3.76. The summed E-state index contributed by atoms with van der Waals surface area (Å²) in [6.45, 7) is 6.55. The van der Waals surface area contributed by atoms with Crippen LogP contribution in [0, 0.1) is 6.92 Å². The summed E-state index contributed by atoms with van der Waals surface area (Å²) in [6, 6.07) is 17.5. The number of aryl methyl sites for hydroxylation is 1. The van der Waals surface area contributed by atoms with E-state index in [9.17, 15) is 0 Å². The van der Waals surface area contributed by atoms with Gasteiger partial charge in [0.25, 0.3) is 0 Å². The molecule has 1 aliphatic rings. The molecule has 0 N–H and O–H groups in total. The minimum atomic E-state index is 1.04. The summed E-state index contributed by atoms with van der Waals surface area (Å²) >= 11 is 0. The highest BCUT2D eigenvalue weighted by molar-refractivity contribution is 5.90. The van der Waals surface area contributed by atoms with Crippen molar-refractivity contribution in [2.75, 3.05) is 13.6 Å². The smallest absolute Gasteiger partial charge is 0.0529 e. The molecule has 0 saturated carbocycles. The van der Waals surface area contributed by atoms with E-state index in [0.29, 0.717) is 0 Å². The van der Waals surface area contributed by atoms with Gasteiger partial charge in [-0.2, -0.15) is 0 Å². The van der Waals surface area contributed by atoms with E-state index in [1.165, 1.54) is 38.9 Å². The van der Waals surface area contributed by atoms with Crippen LogP contribution in [0.3, 0.4) is 0 Å². The number of likely N-dealkylation sites (N-methyl/N-ethyl adjacent to an activating group) is 1. The van der Waals surface area contributed by atoms with Gasteiger partial charge in [-0.15, -0.1) is 0 Å². The van der Waals surface area contributed by atoms with E-state index in [-0.39, 0.29) is 0 Å². The average molecular weight is 316 g/mol. The van der Waals surface area contributed by atoms with Crippen LogP contribution < -0.4 is 0 Å². The fraction of sp³-hybridized carbons (Fsp3) is 0.273. The minimum absolute atomic E-state index is 1.04. The lowest BCUT2D eigenvalue weighted by molar-refractivity contribution is 0.312. The van der Waals surface area contributed by atoms with Crippen LogP contribution in [0.15, 0.2) is 48.5 Å². The molecular weight excluding hydrogens is 292 g/mol. The van der Waals surface area contributed by atoms with E-state index >= 15 is 0 Å². The summed E-state index contributed by atoms with van der Waals surface area (Å²) in [5.41, 5.74) is 8.22. The zero-order valence-electron chi connectivity index (χ0n) is 14.7. The maximum absolute atomic E-state index is 2.43. The Labute approximate surface area is 144 Å². The second kappa shape index (κ2) is 5.95. The van der Waals surface area contributed by atoms with Crippen molar-refractivity contribution in [3.05, 3.63) is 70.9 Å². The van der Waals surface area contributed by atoms with Crippen LogP contribution in [0.25, 0.3) is 22.7 Å². The van der Waals surface area contributed by atoms with Gasteiger partial charge in [0.2, 0.25) is 0 Å². The molecule has 122 valence electrons. The Kier molecular flexibility index (Phi) is 3.78. The molecule has 0 aliphatic carbocycles. The van der Waals surface area contributed by atoms with Crippen LogP contribution >= 0.6 is 0 Å². The van der Waals surface area contributed by atoms with Gasteiger partial charge in [0, 0.05) is 36.8 Å². The number of hydrogen-bond acceptors (Lipinski definition) is 1. The Morgan fingerprint density at radius 1 is 1.08 bits per heavy atom. The molecule has 0 radical (unpaired) electrons. The molecular formula is C22H24N2. The molecule has 3 aromatic rings. The van der Waals surface area contributed by atoms with Crippen molar-refractivity contribution in [1.82, 2.24) is 9.47 Å². The number of nitrogens with zero attached hydrogens (tertiary/aromatic N) is 2. The highest BCUT2D eigenvalue weighted by Gasteiger charge is 2.21. The topological polar surface area (TPSA) is 8.17 Å². The quantitative estimate of drug-likeness (QED) is 0.649. The number of hydrogen-bond donors (Lipinski definition) is 0. The first-order valence-corrected chi connectivity index (χ1v) is 8.68. The second-order valence-electron chi connectivity index (χ2n) is 6.98. The SMILES string of the molecule is CC(=Cn1c2c(c3cc(C)ccc31)CN(C)CC2)c1ccccc1. The normalized spacial score (nSPS) is 15.7. The predicted molar refractivity (Wildman–Crippen MR) is 103 cm³/mol. The lowest BCUT2D eigenvalue weighted by atomic mass is 10.0. The Balaban J connectivity index is 1.92. The molecule has 0 spiro atoms. The van der Waals surface area contributed by atoms with E-state index in [1.807, 2.05) is 0 Å². The summed E-state index contributed by atoms with van der Waals surface area (Å²) in [4.78, 5) is 2.42. The lowest BCUT2D eigenvalue weighted by Gasteiger charge is -2.23. The van der Waals surface area contributed by atoms with Crippen molar-refractivity contribution >= 4 is 22.7 Å². The Hall–Kier alpha value is -2.32. The van der Waals surface area contributed by atoms with E-state index in [2.05, 4.69) is 85.1 Å². The first kappa shape index (κ1) is 15.2. The lowest BCUT2D eigenvalue weighted by Crippen LogP contribution is -2.26. The highest BCUT2D eigenvalue weighted by atomic mass is 15.1. The third-order valence-electron chi connectivity index (χ3n) is 5.09. The van der Waals surface area contributed by atoms with Crippen molar-refractivity contribution in [2.24, 2.45) is 0 Å². The van der Waals surface area contributed by atoms with Crippen LogP contribution in [0.2, 0.25) is 0 Å². The summed E-state index contributed by atoms with van der Waals surface area (Å²) < 4.78 is 2.43. The number of rotatable bonds is 2. The van der Waals surface area contributed by atoms with Gasteiger partial charge in [0.15, 0.2) is 0 Å². The van der Waals surface area contributed by atoms with Crippen molar-refractivity contribution < 1.29 is 0 Å². The van der Waals surface area contributed by atoms with Crippen molar-refractivity contribution in [1.29, 1.82) is 0 Å². The van der Waals surface area contributed by atoms with E-state index < -0.39 is 0 Å². The first-order valence-electron chi connectivity index (χ1n) is 8.68. The Morgan fingerprint density at radius 2 is 1.88 bits per heavy atom. The maximum atomic E-state index is 2.43. The van der Waals surface area contributed by atoms with Crippen LogP contribution in [0.1, 0.15) is 29.3 Å². The maximum Gasteiger partial charge on any atom is 0.0529 e. The molecule has 0 atom stereocenters. The largest absolute Gasteiger partial charge is 0.320 e. The monoisotopic (exact) mass is 316 g/mol. The molecule has 2 aromatic carbocycles. The van der Waals surface area contributed by atoms with Gasteiger partial charge < -0.3 is 9.47 Å². The molecule has 1 aromatic heterocycles. The van der Waals surface area contributed by atoms with Crippen molar-refractivity contribution in [3.63, 3.8) is 0 Å². The molecule has 4 rings (SSSR count). The van der Waals surface area contributed by atoms with Crippen molar-refractivity contribution in [3.8, 4) is 0 Å². The van der Waals surface area contributed by atoms with E-state index in [4.69, 9.17) is 0 Å². The van der Waals surface area contributed by atoms with Crippen LogP contribution in [-0.4, -0.2) is 23.1 Å². The van der Waals surface area contributed by atoms with E-state index in [1.54, 1.807) is 0 Å². The second-order valence-corrected chi connectivity index (χ2v) is 6.98. The molecule has 2 heteroatoms. The van der Waals surface area contributed by atoms with Crippen molar-refractivity contribution in [2.45, 2.75) is 26.8 Å². The van der Waals surface area contributed by atoms with Gasteiger partial charge >= 0.3 is 0 Å². The average Bonchev–Trinajstić information content (AvgIpc) is 2.88. The number of allylic oxidation sites excluding steroid dienone is 1. The number of benzene rings is 2. The molecule has 2 nitrogen and oxygen atoms in total. The molecule has 0 saturated heterocycles. The minimum Gasteiger partial charge on any atom is -0.320 e. The van der Waals surface area contributed by atoms with Gasteiger partial charge in [-0.1, -0.05) is 42.0 Å². The highest BCUT2D eigenvalue weighted by Crippen LogP contribution is 2.32. The molecule has 0 bridgehead atoms. The molecule has 0 unspecified atom stereocenters. The molecule has 2 heterocycles. The zero-order valence-corrected chi connectivity index (χ0v) is 14.7. The summed E-state index contributed by atoms with van der Waals surface area (Å²) in [5, 5.41) is 1.41. The van der Waals surface area contributed by atoms with Gasteiger partial charge in [0.1, 0.15) is 0 Å². The fourth-order valence-corrected chi connectivity index (χ4v) is 3.76. The van der Waals surface area contributed by atoms with Gasteiger partial charge in [-0.05, 0) is 49.7 Å². The molecule has 1 aliphatic heterocycles. The molecule has 0 fully saturated rings. The molecule has 24 heavy (non-hydrogen) atoms. The standard InChI is InChI=1S/C22H24N2/c1-16-9-10-21-19(13-16)20-15-23(3)12-11-22(20)24(21)14-17(2)18-7-5-4-6-8-18/h4-10,13-14H,11-12,15H2,1-3H3. The summed E-state index contributed by atoms with van der Waals surface area (Å²) in [6.07, 6.45) is 3.43. The number of fused-ring (bicyclic) bond motifs is 3. The zero-order chi connectivity index (χ0) is 16.7. The van der Waals surface area contributed by atoms with Crippen LogP contribution in [-0.2, 0) is 13.0 Å².